The number of methoxy groups -OCH3 is 1. The van der Waals surface area contributed by atoms with E-state index in [9.17, 15) is 0 Å². The SMILES string of the molecule is COCCOCCCOCc1nc(C)cc(Cl)n1. The minimum absolute atomic E-state index is 0.374. The van der Waals surface area contributed by atoms with E-state index in [1.807, 2.05) is 6.92 Å². The second kappa shape index (κ2) is 9.22. The lowest BCUT2D eigenvalue weighted by atomic mass is 10.4. The summed E-state index contributed by atoms with van der Waals surface area (Å²) in [5, 5.41) is 0.448. The van der Waals surface area contributed by atoms with E-state index in [4.69, 9.17) is 25.8 Å². The highest BCUT2D eigenvalue weighted by atomic mass is 35.5. The third-order valence-corrected chi connectivity index (χ3v) is 2.30. The van der Waals surface area contributed by atoms with E-state index in [1.54, 1.807) is 13.2 Å². The summed E-state index contributed by atoms with van der Waals surface area (Å²) < 4.78 is 15.6. The predicted octanol–water partition coefficient (Wildman–Crippen LogP) is 2.01. The maximum absolute atomic E-state index is 5.82. The topological polar surface area (TPSA) is 53.5 Å². The number of ether oxygens (including phenoxy) is 3. The van der Waals surface area contributed by atoms with Crippen LogP contribution < -0.4 is 0 Å². The number of halogens is 1. The standard InChI is InChI=1S/C12H19ClN2O3/c1-10-8-11(13)15-12(14-10)9-18-5-3-4-17-7-6-16-2/h8H,3-7,9H2,1-2H3. The molecule has 0 aliphatic heterocycles. The quantitative estimate of drug-likeness (QED) is 0.509. The van der Waals surface area contributed by atoms with E-state index < -0.39 is 0 Å². The first-order chi connectivity index (χ1) is 8.72. The Hall–Kier alpha value is -0.750. The lowest BCUT2D eigenvalue weighted by Crippen LogP contribution is -2.06. The van der Waals surface area contributed by atoms with Crippen LogP contribution in [0.15, 0.2) is 6.07 Å². The number of aromatic nitrogens is 2. The van der Waals surface area contributed by atoms with Gasteiger partial charge in [-0.05, 0) is 19.4 Å². The van der Waals surface area contributed by atoms with Crippen molar-refractivity contribution in [2.45, 2.75) is 20.0 Å². The zero-order valence-corrected chi connectivity index (χ0v) is 11.6. The molecule has 0 saturated carbocycles. The molecule has 0 spiro atoms. The lowest BCUT2D eigenvalue weighted by Gasteiger charge is -2.05. The molecule has 0 aliphatic carbocycles. The van der Waals surface area contributed by atoms with Crippen molar-refractivity contribution in [1.29, 1.82) is 0 Å². The van der Waals surface area contributed by atoms with Crippen molar-refractivity contribution in [3.63, 3.8) is 0 Å². The molecule has 1 rings (SSSR count). The summed E-state index contributed by atoms with van der Waals surface area (Å²) in [6, 6.07) is 1.72. The molecule has 0 aliphatic rings. The van der Waals surface area contributed by atoms with Crippen molar-refractivity contribution in [2.75, 3.05) is 33.5 Å². The van der Waals surface area contributed by atoms with Gasteiger partial charge in [0.05, 0.1) is 13.2 Å². The molecule has 0 unspecified atom stereocenters. The molecule has 5 nitrogen and oxygen atoms in total. The van der Waals surface area contributed by atoms with Crippen LogP contribution in [0.5, 0.6) is 0 Å². The Kier molecular flexibility index (Phi) is 7.84. The van der Waals surface area contributed by atoms with Gasteiger partial charge in [0.1, 0.15) is 11.8 Å². The van der Waals surface area contributed by atoms with Crippen molar-refractivity contribution >= 4 is 11.6 Å². The molecule has 102 valence electrons. The van der Waals surface area contributed by atoms with Crippen LogP contribution in [0.4, 0.5) is 0 Å². The van der Waals surface area contributed by atoms with Crippen molar-refractivity contribution in [3.8, 4) is 0 Å². The van der Waals surface area contributed by atoms with Gasteiger partial charge >= 0.3 is 0 Å². The molecule has 0 bridgehead atoms. The van der Waals surface area contributed by atoms with Crippen LogP contribution in [-0.4, -0.2) is 43.5 Å². The third-order valence-electron chi connectivity index (χ3n) is 2.11. The van der Waals surface area contributed by atoms with Gasteiger partial charge in [-0.25, -0.2) is 9.97 Å². The summed E-state index contributed by atoms with van der Waals surface area (Å²) in [7, 11) is 1.65. The number of nitrogens with zero attached hydrogens (tertiary/aromatic N) is 2. The molecule has 0 N–H and O–H groups in total. The average molecular weight is 275 g/mol. The molecule has 1 aromatic heterocycles. The van der Waals surface area contributed by atoms with Crippen LogP contribution in [0.2, 0.25) is 5.15 Å². The first kappa shape index (κ1) is 15.3. The molecule has 18 heavy (non-hydrogen) atoms. The van der Waals surface area contributed by atoms with Crippen LogP contribution in [0.1, 0.15) is 17.9 Å². The Bertz CT molecular complexity index is 330. The van der Waals surface area contributed by atoms with Gasteiger partial charge in [-0.15, -0.1) is 0 Å². The van der Waals surface area contributed by atoms with Gasteiger partial charge in [0, 0.05) is 26.0 Å². The first-order valence-electron chi connectivity index (χ1n) is 5.87. The molecule has 0 amide bonds. The second-order valence-electron chi connectivity index (χ2n) is 3.76. The summed E-state index contributed by atoms with van der Waals surface area (Å²) in [6.07, 6.45) is 0.837. The monoisotopic (exact) mass is 274 g/mol. The van der Waals surface area contributed by atoms with Crippen molar-refractivity contribution < 1.29 is 14.2 Å². The predicted molar refractivity (Wildman–Crippen MR) is 68.7 cm³/mol. The minimum Gasteiger partial charge on any atom is -0.382 e. The Balaban J connectivity index is 2.07. The van der Waals surface area contributed by atoms with Crippen molar-refractivity contribution in [2.24, 2.45) is 0 Å². The average Bonchev–Trinajstić information content (AvgIpc) is 2.31. The van der Waals surface area contributed by atoms with Crippen LogP contribution in [0, 0.1) is 6.92 Å². The van der Waals surface area contributed by atoms with E-state index in [0.29, 0.717) is 44.0 Å². The highest BCUT2D eigenvalue weighted by Crippen LogP contribution is 2.07. The number of aryl methyl sites for hydroxylation is 1. The first-order valence-corrected chi connectivity index (χ1v) is 6.24. The number of hydrogen-bond donors (Lipinski definition) is 0. The van der Waals surface area contributed by atoms with Gasteiger partial charge in [0.2, 0.25) is 0 Å². The normalized spacial score (nSPS) is 10.8. The Morgan fingerprint density at radius 2 is 1.89 bits per heavy atom. The maximum Gasteiger partial charge on any atom is 0.155 e. The molecule has 0 atom stereocenters. The van der Waals surface area contributed by atoms with E-state index in [0.717, 1.165) is 12.1 Å². The third kappa shape index (κ3) is 6.86. The summed E-state index contributed by atoms with van der Waals surface area (Å²) in [5.41, 5.74) is 0.844. The van der Waals surface area contributed by atoms with Crippen LogP contribution in [0.3, 0.4) is 0 Å². The Morgan fingerprint density at radius 3 is 2.61 bits per heavy atom. The second-order valence-corrected chi connectivity index (χ2v) is 4.15. The molecular formula is C12H19ClN2O3. The van der Waals surface area contributed by atoms with Gasteiger partial charge in [-0.2, -0.15) is 0 Å². The van der Waals surface area contributed by atoms with Crippen molar-refractivity contribution in [3.05, 3.63) is 22.7 Å². The van der Waals surface area contributed by atoms with E-state index in [2.05, 4.69) is 9.97 Å². The van der Waals surface area contributed by atoms with Crippen LogP contribution >= 0.6 is 11.6 Å². The van der Waals surface area contributed by atoms with E-state index in [-0.39, 0.29) is 0 Å². The highest BCUT2D eigenvalue weighted by molar-refractivity contribution is 6.29. The molecule has 0 radical (unpaired) electrons. The number of rotatable bonds is 9. The maximum atomic E-state index is 5.82. The Labute approximate surface area is 112 Å². The summed E-state index contributed by atoms with van der Waals surface area (Å²) >= 11 is 5.82. The largest absolute Gasteiger partial charge is 0.382 e. The minimum atomic E-state index is 0.374. The summed E-state index contributed by atoms with van der Waals surface area (Å²) in [4.78, 5) is 8.30. The molecular weight excluding hydrogens is 256 g/mol. The number of hydrogen-bond acceptors (Lipinski definition) is 5. The fourth-order valence-corrected chi connectivity index (χ4v) is 1.58. The van der Waals surface area contributed by atoms with Gasteiger partial charge in [0.15, 0.2) is 5.82 Å². The van der Waals surface area contributed by atoms with Gasteiger partial charge in [-0.3, -0.25) is 0 Å². The van der Waals surface area contributed by atoms with Crippen molar-refractivity contribution in [1.82, 2.24) is 9.97 Å². The fourth-order valence-electron chi connectivity index (χ4n) is 1.32. The van der Waals surface area contributed by atoms with E-state index >= 15 is 0 Å². The van der Waals surface area contributed by atoms with E-state index in [1.165, 1.54) is 0 Å². The zero-order chi connectivity index (χ0) is 13.2. The van der Waals surface area contributed by atoms with Gasteiger partial charge < -0.3 is 14.2 Å². The Morgan fingerprint density at radius 1 is 1.11 bits per heavy atom. The highest BCUT2D eigenvalue weighted by Gasteiger charge is 2.00. The molecule has 0 fully saturated rings. The van der Waals surface area contributed by atoms with Crippen LogP contribution in [-0.2, 0) is 20.8 Å². The molecule has 1 aromatic rings. The molecule has 0 saturated heterocycles. The fraction of sp³-hybridized carbons (Fsp3) is 0.667. The molecule has 0 aromatic carbocycles. The van der Waals surface area contributed by atoms with Crippen LogP contribution in [0.25, 0.3) is 0 Å². The molecule has 1 heterocycles. The molecule has 6 heteroatoms. The smallest absolute Gasteiger partial charge is 0.155 e. The van der Waals surface area contributed by atoms with Gasteiger partial charge in [0.25, 0.3) is 0 Å². The van der Waals surface area contributed by atoms with Gasteiger partial charge in [-0.1, -0.05) is 11.6 Å². The summed E-state index contributed by atoms with van der Waals surface area (Å²) in [6.45, 7) is 4.77. The zero-order valence-electron chi connectivity index (χ0n) is 10.8. The summed E-state index contributed by atoms with van der Waals surface area (Å²) in [5.74, 6) is 0.611. The lowest BCUT2D eigenvalue weighted by molar-refractivity contribution is 0.0472.